The number of rotatable bonds is 7. The van der Waals surface area contributed by atoms with Crippen molar-refractivity contribution in [2.75, 3.05) is 13.2 Å². The van der Waals surface area contributed by atoms with Crippen molar-refractivity contribution in [2.24, 2.45) is 5.92 Å². The first-order chi connectivity index (χ1) is 11.9. The van der Waals surface area contributed by atoms with Crippen LogP contribution < -0.4 is 0 Å². The molecule has 1 aliphatic carbocycles. The highest BCUT2D eigenvalue weighted by Gasteiger charge is 2.36. The zero-order chi connectivity index (χ0) is 16.2. The summed E-state index contributed by atoms with van der Waals surface area (Å²) in [6.45, 7) is 2.93. The van der Waals surface area contributed by atoms with E-state index in [-0.39, 0.29) is 0 Å². The molecule has 2 aromatic rings. The van der Waals surface area contributed by atoms with Gasteiger partial charge in [0.15, 0.2) is 0 Å². The Labute approximate surface area is 143 Å². The normalized spacial score (nSPS) is 24.3. The third-order valence-corrected chi connectivity index (χ3v) is 5.13. The summed E-state index contributed by atoms with van der Waals surface area (Å²) in [6.07, 6.45) is 10.8. The third-order valence-electron chi connectivity index (χ3n) is 5.13. The number of hydrogen-bond acceptors (Lipinski definition) is 4. The highest BCUT2D eigenvalue weighted by molar-refractivity contribution is 5.14. The molecular weight excluding hydrogens is 298 g/mol. The van der Waals surface area contributed by atoms with Crippen LogP contribution in [0.25, 0.3) is 0 Å². The van der Waals surface area contributed by atoms with Crippen molar-refractivity contribution in [1.29, 1.82) is 0 Å². The van der Waals surface area contributed by atoms with Crippen molar-refractivity contribution in [2.45, 2.75) is 44.4 Å². The van der Waals surface area contributed by atoms with Crippen LogP contribution in [-0.4, -0.2) is 40.2 Å². The minimum atomic E-state index is 0.336. The van der Waals surface area contributed by atoms with Gasteiger partial charge in [-0.3, -0.25) is 14.9 Å². The number of hydrogen-bond donors (Lipinski definition) is 0. The number of likely N-dealkylation sites (tertiary alicyclic amines) is 1. The number of aromatic nitrogens is 2. The molecule has 2 aromatic heterocycles. The highest BCUT2D eigenvalue weighted by Crippen LogP contribution is 2.32. The van der Waals surface area contributed by atoms with E-state index < -0.39 is 0 Å². The molecule has 126 valence electrons. The van der Waals surface area contributed by atoms with E-state index in [1.165, 1.54) is 18.4 Å². The summed E-state index contributed by atoms with van der Waals surface area (Å²) in [4.78, 5) is 11.2. The van der Waals surface area contributed by atoms with Crippen molar-refractivity contribution in [3.05, 3.63) is 60.2 Å². The molecule has 4 nitrogen and oxygen atoms in total. The van der Waals surface area contributed by atoms with Gasteiger partial charge in [0.2, 0.25) is 0 Å². The highest BCUT2D eigenvalue weighted by atomic mass is 16.5. The standard InChI is InChI=1S/C20H25N3O/c1-2-9-22-18(3-1)14-23-12-8-20(24-15-17-4-5-17)19(23)13-16-6-10-21-11-7-16/h1-3,6-7,9-11,17,19-20H,4-5,8,12-15H2/t19-,20-/m0/s1. The van der Waals surface area contributed by atoms with Crippen LogP contribution in [0.2, 0.25) is 0 Å². The van der Waals surface area contributed by atoms with E-state index in [2.05, 4.69) is 39.1 Å². The predicted octanol–water partition coefficient (Wildman–Crippen LogP) is 3.09. The van der Waals surface area contributed by atoms with Gasteiger partial charge >= 0.3 is 0 Å². The van der Waals surface area contributed by atoms with Crippen molar-refractivity contribution >= 4 is 0 Å². The smallest absolute Gasteiger partial charge is 0.0745 e. The second-order valence-corrected chi connectivity index (χ2v) is 7.02. The predicted molar refractivity (Wildman–Crippen MR) is 93.5 cm³/mol. The molecule has 0 amide bonds. The third kappa shape index (κ3) is 4.00. The Balaban J connectivity index is 1.46. The van der Waals surface area contributed by atoms with E-state index in [1.54, 1.807) is 0 Å². The average Bonchev–Trinajstić information content (AvgIpc) is 3.39. The second kappa shape index (κ2) is 7.41. The fourth-order valence-corrected chi connectivity index (χ4v) is 3.54. The summed E-state index contributed by atoms with van der Waals surface area (Å²) < 4.78 is 6.30. The lowest BCUT2D eigenvalue weighted by molar-refractivity contribution is 0.0195. The van der Waals surface area contributed by atoms with E-state index in [4.69, 9.17) is 4.74 Å². The molecule has 2 atom stereocenters. The molecule has 0 aromatic carbocycles. The largest absolute Gasteiger partial charge is 0.376 e. The van der Waals surface area contributed by atoms with Gasteiger partial charge in [0.05, 0.1) is 11.8 Å². The van der Waals surface area contributed by atoms with E-state index in [1.807, 2.05) is 24.7 Å². The first-order valence-corrected chi connectivity index (χ1v) is 9.03. The quantitative estimate of drug-likeness (QED) is 0.785. The number of pyridine rings is 2. The molecule has 0 radical (unpaired) electrons. The van der Waals surface area contributed by atoms with E-state index in [0.29, 0.717) is 12.1 Å². The maximum atomic E-state index is 6.30. The molecule has 0 bridgehead atoms. The molecule has 24 heavy (non-hydrogen) atoms. The summed E-state index contributed by atoms with van der Waals surface area (Å²) in [5, 5.41) is 0. The molecule has 1 saturated heterocycles. The Morgan fingerprint density at radius 2 is 1.92 bits per heavy atom. The molecule has 4 rings (SSSR count). The topological polar surface area (TPSA) is 38.2 Å². The summed E-state index contributed by atoms with van der Waals surface area (Å²) in [6, 6.07) is 10.8. The fraction of sp³-hybridized carbons (Fsp3) is 0.500. The summed E-state index contributed by atoms with van der Waals surface area (Å²) >= 11 is 0. The van der Waals surface area contributed by atoms with Gasteiger partial charge < -0.3 is 4.74 Å². The number of ether oxygens (including phenoxy) is 1. The van der Waals surface area contributed by atoms with E-state index >= 15 is 0 Å². The van der Waals surface area contributed by atoms with Gasteiger partial charge in [0.25, 0.3) is 0 Å². The Bertz CT molecular complexity index is 630. The van der Waals surface area contributed by atoms with Gasteiger partial charge in [-0.05, 0) is 61.4 Å². The lowest BCUT2D eigenvalue weighted by atomic mass is 10.0. The number of nitrogens with zero attached hydrogens (tertiary/aromatic N) is 3. The zero-order valence-electron chi connectivity index (χ0n) is 14.1. The molecule has 2 fully saturated rings. The molecule has 4 heteroatoms. The van der Waals surface area contributed by atoms with Crippen LogP contribution in [0.4, 0.5) is 0 Å². The van der Waals surface area contributed by atoms with Gasteiger partial charge in [-0.25, -0.2) is 0 Å². The van der Waals surface area contributed by atoms with E-state index in [9.17, 15) is 0 Å². The van der Waals surface area contributed by atoms with Crippen molar-refractivity contribution in [3.63, 3.8) is 0 Å². The van der Waals surface area contributed by atoms with Crippen LogP contribution in [0.1, 0.15) is 30.5 Å². The zero-order valence-corrected chi connectivity index (χ0v) is 14.1. The maximum absolute atomic E-state index is 6.30. The molecule has 2 aliphatic rings. The minimum absolute atomic E-state index is 0.336. The molecule has 0 unspecified atom stereocenters. The van der Waals surface area contributed by atoms with Crippen LogP contribution in [0.5, 0.6) is 0 Å². The van der Waals surface area contributed by atoms with Gasteiger partial charge in [0, 0.05) is 44.3 Å². The lowest BCUT2D eigenvalue weighted by Crippen LogP contribution is -2.38. The Kier molecular flexibility index (Phi) is 4.86. The van der Waals surface area contributed by atoms with Crippen LogP contribution in [0, 0.1) is 5.92 Å². The minimum Gasteiger partial charge on any atom is -0.376 e. The van der Waals surface area contributed by atoms with Gasteiger partial charge in [-0.1, -0.05) is 6.07 Å². The van der Waals surface area contributed by atoms with Crippen molar-refractivity contribution in [1.82, 2.24) is 14.9 Å². The Hall–Kier alpha value is -1.78. The lowest BCUT2D eigenvalue weighted by Gasteiger charge is -2.28. The van der Waals surface area contributed by atoms with Gasteiger partial charge in [0.1, 0.15) is 0 Å². The van der Waals surface area contributed by atoms with Gasteiger partial charge in [-0.15, -0.1) is 0 Å². The second-order valence-electron chi connectivity index (χ2n) is 7.02. The summed E-state index contributed by atoms with van der Waals surface area (Å²) in [5.41, 5.74) is 2.48. The van der Waals surface area contributed by atoms with Crippen LogP contribution in [0.3, 0.4) is 0 Å². The first-order valence-electron chi connectivity index (χ1n) is 9.03. The van der Waals surface area contributed by atoms with Crippen LogP contribution in [0.15, 0.2) is 48.9 Å². The molecule has 0 spiro atoms. The SMILES string of the molecule is c1ccc(CN2CC[C@H](OCC3CC3)[C@@H]2Cc2ccncc2)nc1. The summed E-state index contributed by atoms with van der Waals surface area (Å²) in [7, 11) is 0. The first kappa shape index (κ1) is 15.7. The molecule has 0 N–H and O–H groups in total. The van der Waals surface area contributed by atoms with Crippen LogP contribution in [-0.2, 0) is 17.7 Å². The monoisotopic (exact) mass is 323 g/mol. The average molecular weight is 323 g/mol. The summed E-state index contributed by atoms with van der Waals surface area (Å²) in [5.74, 6) is 0.816. The van der Waals surface area contributed by atoms with E-state index in [0.717, 1.165) is 44.1 Å². The molecule has 3 heterocycles. The molecular formula is C20H25N3O. The van der Waals surface area contributed by atoms with Crippen molar-refractivity contribution < 1.29 is 4.74 Å². The Morgan fingerprint density at radius 1 is 1.04 bits per heavy atom. The fourth-order valence-electron chi connectivity index (χ4n) is 3.54. The maximum Gasteiger partial charge on any atom is 0.0745 e. The Morgan fingerprint density at radius 3 is 2.67 bits per heavy atom. The molecule has 1 saturated carbocycles. The van der Waals surface area contributed by atoms with Gasteiger partial charge in [-0.2, -0.15) is 0 Å². The molecule has 1 aliphatic heterocycles. The van der Waals surface area contributed by atoms with Crippen LogP contribution >= 0.6 is 0 Å². The van der Waals surface area contributed by atoms with Crippen molar-refractivity contribution in [3.8, 4) is 0 Å².